The number of carbonyl (C=O) groups is 4. The Morgan fingerprint density at radius 2 is 1.57 bits per heavy atom. The van der Waals surface area contributed by atoms with Crippen molar-refractivity contribution in [2.75, 3.05) is 16.3 Å². The summed E-state index contributed by atoms with van der Waals surface area (Å²) in [5.41, 5.74) is 0.807. The third kappa shape index (κ3) is 1.96. The largest absolute Gasteiger partial charge is 0.332 e. The molecule has 7 nitrogen and oxygen atoms in total. The fourth-order valence-corrected chi connectivity index (χ4v) is 3.50. The number of amides is 5. The van der Waals surface area contributed by atoms with E-state index in [1.807, 2.05) is 0 Å². The summed E-state index contributed by atoms with van der Waals surface area (Å²) in [4.78, 5) is 52.5. The van der Waals surface area contributed by atoms with Gasteiger partial charge in [0, 0.05) is 19.4 Å². The molecule has 0 spiro atoms. The maximum absolute atomic E-state index is 12.5. The van der Waals surface area contributed by atoms with E-state index in [1.165, 1.54) is 0 Å². The molecular formula is C16H15N3O4. The molecule has 0 bridgehead atoms. The molecule has 3 aliphatic heterocycles. The van der Waals surface area contributed by atoms with Gasteiger partial charge in [0.25, 0.3) is 5.91 Å². The number of carbonyl (C=O) groups excluding carboxylic acids is 4. The van der Waals surface area contributed by atoms with E-state index >= 15 is 0 Å². The smallest absolute Gasteiger partial charge is 0.312 e. The van der Waals surface area contributed by atoms with E-state index in [0.717, 1.165) is 16.2 Å². The average Bonchev–Trinajstić information content (AvgIpc) is 3.19. The van der Waals surface area contributed by atoms with Gasteiger partial charge in [0.2, 0.25) is 11.8 Å². The number of nitrogens with zero attached hydrogens (tertiary/aromatic N) is 3. The number of imide groups is 2. The highest BCUT2D eigenvalue weighted by Gasteiger charge is 2.48. The van der Waals surface area contributed by atoms with Crippen LogP contribution in [-0.4, -0.2) is 41.2 Å². The molecule has 0 saturated carbocycles. The number of hydrogen-bond acceptors (Lipinski definition) is 4. The lowest BCUT2D eigenvalue weighted by atomic mass is 10.2. The maximum atomic E-state index is 12.5. The Labute approximate surface area is 132 Å². The second-order valence-corrected chi connectivity index (χ2v) is 5.95. The zero-order valence-electron chi connectivity index (χ0n) is 12.4. The van der Waals surface area contributed by atoms with Crippen molar-refractivity contribution in [1.29, 1.82) is 0 Å². The van der Waals surface area contributed by atoms with Crippen LogP contribution in [0.5, 0.6) is 0 Å². The van der Waals surface area contributed by atoms with Crippen molar-refractivity contribution in [3.05, 3.63) is 24.3 Å². The first-order valence-corrected chi connectivity index (χ1v) is 7.68. The van der Waals surface area contributed by atoms with Crippen molar-refractivity contribution in [3.63, 3.8) is 0 Å². The van der Waals surface area contributed by atoms with E-state index in [4.69, 9.17) is 0 Å². The topological polar surface area (TPSA) is 78.0 Å². The summed E-state index contributed by atoms with van der Waals surface area (Å²) in [6.07, 6.45) is 1.91. The van der Waals surface area contributed by atoms with E-state index in [9.17, 15) is 19.2 Å². The third-order valence-electron chi connectivity index (χ3n) is 4.59. The number of benzene rings is 1. The molecule has 1 aromatic rings. The number of hydrogen-bond donors (Lipinski definition) is 0. The summed E-state index contributed by atoms with van der Waals surface area (Å²) in [5.74, 6) is -0.748. The van der Waals surface area contributed by atoms with Gasteiger partial charge in [-0.15, -0.1) is 0 Å². The zero-order valence-corrected chi connectivity index (χ0v) is 12.4. The molecule has 0 aromatic heterocycles. The van der Waals surface area contributed by atoms with Gasteiger partial charge < -0.3 is 4.90 Å². The Morgan fingerprint density at radius 3 is 2.22 bits per heavy atom. The van der Waals surface area contributed by atoms with E-state index in [2.05, 4.69) is 0 Å². The lowest BCUT2D eigenvalue weighted by Gasteiger charge is -2.19. The molecule has 118 valence electrons. The van der Waals surface area contributed by atoms with Crippen LogP contribution < -0.4 is 9.80 Å². The molecule has 0 unspecified atom stereocenters. The van der Waals surface area contributed by atoms with Crippen LogP contribution in [0.15, 0.2) is 24.3 Å². The quantitative estimate of drug-likeness (QED) is 0.608. The number of fused-ring (bicyclic) bond motifs is 1. The lowest BCUT2D eigenvalue weighted by Crippen LogP contribution is -2.33. The van der Waals surface area contributed by atoms with Crippen LogP contribution >= 0.6 is 0 Å². The molecule has 7 heteroatoms. The molecule has 1 aromatic carbocycles. The maximum Gasteiger partial charge on any atom is 0.332 e. The van der Waals surface area contributed by atoms with Crippen molar-refractivity contribution >= 4 is 35.1 Å². The molecule has 3 heterocycles. The third-order valence-corrected chi connectivity index (χ3v) is 4.59. The molecule has 3 aliphatic rings. The first-order chi connectivity index (χ1) is 11.1. The highest BCUT2D eigenvalue weighted by Crippen LogP contribution is 2.33. The molecule has 1 atom stereocenters. The highest BCUT2D eigenvalue weighted by atomic mass is 16.2. The summed E-state index contributed by atoms with van der Waals surface area (Å²) >= 11 is 0. The minimum Gasteiger partial charge on any atom is -0.312 e. The fraction of sp³-hybridized carbons (Fsp3) is 0.375. The summed E-state index contributed by atoms with van der Waals surface area (Å²) < 4.78 is 0. The van der Waals surface area contributed by atoms with Gasteiger partial charge >= 0.3 is 6.03 Å². The average molecular weight is 313 g/mol. The van der Waals surface area contributed by atoms with Gasteiger partial charge in [-0.25, -0.2) is 9.69 Å². The Bertz CT molecular complexity index is 707. The highest BCUT2D eigenvalue weighted by molar-refractivity contribution is 6.23. The first kappa shape index (κ1) is 13.9. The van der Waals surface area contributed by atoms with Crippen LogP contribution in [0.25, 0.3) is 0 Å². The van der Waals surface area contributed by atoms with Crippen LogP contribution in [-0.2, 0) is 14.4 Å². The zero-order chi connectivity index (χ0) is 16.1. The Balaban J connectivity index is 1.69. The van der Waals surface area contributed by atoms with E-state index in [-0.39, 0.29) is 42.6 Å². The van der Waals surface area contributed by atoms with Crippen LogP contribution in [0.2, 0.25) is 0 Å². The second-order valence-electron chi connectivity index (χ2n) is 5.95. The van der Waals surface area contributed by atoms with Crippen molar-refractivity contribution in [3.8, 4) is 0 Å². The molecular weight excluding hydrogens is 298 g/mol. The van der Waals surface area contributed by atoms with E-state index in [0.29, 0.717) is 24.3 Å². The van der Waals surface area contributed by atoms with E-state index in [1.54, 1.807) is 29.2 Å². The van der Waals surface area contributed by atoms with E-state index < -0.39 is 0 Å². The summed E-state index contributed by atoms with van der Waals surface area (Å²) in [6, 6.07) is 5.78. The minimum atomic E-state index is -0.374. The van der Waals surface area contributed by atoms with Gasteiger partial charge in [-0.1, -0.05) is 6.07 Å². The first-order valence-electron chi connectivity index (χ1n) is 7.68. The van der Waals surface area contributed by atoms with Gasteiger partial charge in [-0.2, -0.15) is 0 Å². The van der Waals surface area contributed by atoms with Crippen LogP contribution in [0.1, 0.15) is 25.7 Å². The number of urea groups is 1. The Morgan fingerprint density at radius 1 is 0.913 bits per heavy atom. The van der Waals surface area contributed by atoms with Crippen LogP contribution in [0, 0.1) is 0 Å². The fourth-order valence-electron chi connectivity index (χ4n) is 3.50. The lowest BCUT2D eigenvalue weighted by molar-refractivity contribution is -0.121. The predicted octanol–water partition coefficient (Wildman–Crippen LogP) is 1.27. The van der Waals surface area contributed by atoms with Crippen LogP contribution in [0.4, 0.5) is 16.2 Å². The monoisotopic (exact) mass is 313 g/mol. The molecule has 0 radical (unpaired) electrons. The minimum absolute atomic E-state index is 0.195. The van der Waals surface area contributed by atoms with Gasteiger partial charge in [0.15, 0.2) is 0 Å². The Hall–Kier alpha value is -2.70. The number of anilines is 2. The summed E-state index contributed by atoms with van der Waals surface area (Å²) in [7, 11) is 0. The predicted molar refractivity (Wildman–Crippen MR) is 80.8 cm³/mol. The van der Waals surface area contributed by atoms with Crippen LogP contribution in [0.3, 0.4) is 0 Å². The van der Waals surface area contributed by atoms with Crippen molar-refractivity contribution in [2.45, 2.75) is 31.7 Å². The Kier molecular flexibility index (Phi) is 2.97. The van der Waals surface area contributed by atoms with Crippen molar-refractivity contribution < 1.29 is 19.2 Å². The molecule has 3 fully saturated rings. The molecule has 5 amide bonds. The summed E-state index contributed by atoms with van der Waals surface area (Å²) in [6.45, 7) is 0.592. The standard InChI is InChI=1S/C16H15N3O4/c20-13-6-7-14(21)18(13)10-3-1-4-11(9-10)19-15(22)12-5-2-8-17(12)16(19)23/h1,3-4,9,12H,2,5-8H2/t12-/m1/s1. The summed E-state index contributed by atoms with van der Waals surface area (Å²) in [5, 5.41) is 0. The van der Waals surface area contributed by atoms with Gasteiger partial charge in [0.05, 0.1) is 11.4 Å². The SMILES string of the molecule is O=C1CCC(=O)N1c1cccc(N2C(=O)[C@H]3CCCN3C2=O)c1. The van der Waals surface area contributed by atoms with Gasteiger partial charge in [0.1, 0.15) is 6.04 Å². The van der Waals surface area contributed by atoms with Crippen molar-refractivity contribution in [1.82, 2.24) is 4.90 Å². The molecule has 3 saturated heterocycles. The normalized spacial score (nSPS) is 24.2. The number of rotatable bonds is 2. The van der Waals surface area contributed by atoms with Gasteiger partial charge in [-0.05, 0) is 31.0 Å². The molecule has 0 aliphatic carbocycles. The van der Waals surface area contributed by atoms with Crippen molar-refractivity contribution in [2.24, 2.45) is 0 Å². The molecule has 23 heavy (non-hydrogen) atoms. The molecule has 4 rings (SSSR count). The van der Waals surface area contributed by atoms with Gasteiger partial charge in [-0.3, -0.25) is 19.3 Å². The molecule has 0 N–H and O–H groups in total. The second kappa shape index (κ2) is 4.91.